The quantitative estimate of drug-likeness (QED) is 0.196. The highest BCUT2D eigenvalue weighted by Gasteiger charge is 2.13. The van der Waals surface area contributed by atoms with Crippen LogP contribution >= 0.6 is 0 Å². The van der Waals surface area contributed by atoms with Crippen LogP contribution in [-0.4, -0.2) is 9.97 Å². The molecule has 0 aliphatic heterocycles. The van der Waals surface area contributed by atoms with Crippen molar-refractivity contribution in [1.29, 1.82) is 0 Å². The van der Waals surface area contributed by atoms with Crippen molar-refractivity contribution < 1.29 is 0 Å². The van der Waals surface area contributed by atoms with E-state index in [1.54, 1.807) is 0 Å². The van der Waals surface area contributed by atoms with Gasteiger partial charge in [0.25, 0.3) is 0 Å². The molecule has 0 saturated heterocycles. The molecule has 44 heavy (non-hydrogen) atoms. The van der Waals surface area contributed by atoms with Crippen molar-refractivity contribution in [3.05, 3.63) is 170 Å². The van der Waals surface area contributed by atoms with Crippen LogP contribution in [0.4, 0.5) is 0 Å². The van der Waals surface area contributed by atoms with Gasteiger partial charge in [0.2, 0.25) is 0 Å². The molecule has 2 nitrogen and oxygen atoms in total. The summed E-state index contributed by atoms with van der Waals surface area (Å²) in [5.41, 5.74) is 11.0. The predicted octanol–water partition coefficient (Wildman–Crippen LogP) is 11.1. The van der Waals surface area contributed by atoms with Crippen molar-refractivity contribution in [2.45, 2.75) is 0 Å². The van der Waals surface area contributed by atoms with Gasteiger partial charge in [-0.1, -0.05) is 109 Å². The number of fused-ring (bicyclic) bond motifs is 3. The van der Waals surface area contributed by atoms with E-state index in [9.17, 15) is 0 Å². The van der Waals surface area contributed by atoms with Crippen LogP contribution in [0.5, 0.6) is 0 Å². The molecule has 0 bridgehead atoms. The van der Waals surface area contributed by atoms with Gasteiger partial charge in [-0.15, -0.1) is 0 Å². The molecule has 2 aromatic heterocycles. The van der Waals surface area contributed by atoms with Gasteiger partial charge in [-0.25, -0.2) is 4.98 Å². The highest BCUT2D eigenvalue weighted by atomic mass is 14.7. The first-order valence-electron chi connectivity index (χ1n) is 14.9. The van der Waals surface area contributed by atoms with Gasteiger partial charge in [-0.3, -0.25) is 4.98 Å². The molecule has 8 rings (SSSR count). The van der Waals surface area contributed by atoms with E-state index in [4.69, 9.17) is 4.98 Å². The Morgan fingerprint density at radius 2 is 0.795 bits per heavy atom. The maximum atomic E-state index is 5.12. The molecule has 0 spiro atoms. The second kappa shape index (κ2) is 11.1. The topological polar surface area (TPSA) is 25.8 Å². The summed E-state index contributed by atoms with van der Waals surface area (Å²) in [4.78, 5) is 9.39. The molecule has 2 heteroatoms. The highest BCUT2D eigenvalue weighted by molar-refractivity contribution is 6.08. The van der Waals surface area contributed by atoms with E-state index in [0.717, 1.165) is 44.8 Å². The van der Waals surface area contributed by atoms with Gasteiger partial charge in [0.15, 0.2) is 0 Å². The zero-order valence-corrected chi connectivity index (χ0v) is 24.1. The largest absolute Gasteiger partial charge is 0.265 e. The predicted molar refractivity (Wildman–Crippen MR) is 184 cm³/mol. The number of aromatic nitrogens is 2. The molecule has 0 aliphatic carbocycles. The van der Waals surface area contributed by atoms with Crippen LogP contribution in [0.1, 0.15) is 0 Å². The van der Waals surface area contributed by atoms with Gasteiger partial charge in [0.1, 0.15) is 0 Å². The van der Waals surface area contributed by atoms with E-state index in [2.05, 4.69) is 151 Å². The average molecular weight is 561 g/mol. The lowest BCUT2D eigenvalue weighted by Gasteiger charge is -2.14. The monoisotopic (exact) mass is 560 g/mol. The van der Waals surface area contributed by atoms with Crippen LogP contribution in [0.2, 0.25) is 0 Å². The lowest BCUT2D eigenvalue weighted by atomic mass is 9.91. The van der Waals surface area contributed by atoms with Crippen LogP contribution in [0.15, 0.2) is 170 Å². The first-order valence-corrected chi connectivity index (χ1v) is 14.9. The summed E-state index contributed by atoms with van der Waals surface area (Å²) in [5, 5.41) is 5.03. The molecule has 0 unspecified atom stereocenters. The lowest BCUT2D eigenvalue weighted by molar-refractivity contribution is 1.32. The molecular formula is C42H28N2. The molecule has 0 atom stereocenters. The van der Waals surface area contributed by atoms with Crippen molar-refractivity contribution >= 4 is 21.5 Å². The van der Waals surface area contributed by atoms with Crippen molar-refractivity contribution in [3.8, 4) is 55.9 Å². The van der Waals surface area contributed by atoms with Crippen molar-refractivity contribution in [3.63, 3.8) is 0 Å². The Bertz CT molecular complexity index is 2200. The summed E-state index contributed by atoms with van der Waals surface area (Å²) in [5.74, 6) is 0. The third-order valence-electron chi connectivity index (χ3n) is 8.32. The maximum absolute atomic E-state index is 5.12. The summed E-state index contributed by atoms with van der Waals surface area (Å²) in [6.45, 7) is 0. The Morgan fingerprint density at radius 3 is 1.45 bits per heavy atom. The summed E-state index contributed by atoms with van der Waals surface area (Å²) in [6, 6.07) is 56.2. The minimum atomic E-state index is 0.954. The van der Waals surface area contributed by atoms with E-state index in [1.165, 1.54) is 32.7 Å². The summed E-state index contributed by atoms with van der Waals surface area (Å²) in [6.07, 6.45) is 3.72. The number of rotatable bonds is 5. The third kappa shape index (κ3) is 4.93. The van der Waals surface area contributed by atoms with Gasteiger partial charge in [-0.2, -0.15) is 0 Å². The second-order valence-corrected chi connectivity index (χ2v) is 11.1. The second-order valence-electron chi connectivity index (χ2n) is 11.1. The first kappa shape index (κ1) is 25.8. The number of hydrogen-bond donors (Lipinski definition) is 0. The number of pyridine rings is 2. The Hall–Kier alpha value is -5.86. The molecule has 8 aromatic rings. The first-order chi connectivity index (χ1) is 21.8. The number of nitrogens with zero attached hydrogens (tertiary/aromatic N) is 2. The Balaban J connectivity index is 1.36. The van der Waals surface area contributed by atoms with Gasteiger partial charge >= 0.3 is 0 Å². The minimum absolute atomic E-state index is 0.954. The van der Waals surface area contributed by atoms with E-state index in [-0.39, 0.29) is 0 Å². The number of hydrogen-bond acceptors (Lipinski definition) is 2. The molecule has 6 aromatic carbocycles. The van der Waals surface area contributed by atoms with E-state index >= 15 is 0 Å². The Kier molecular flexibility index (Phi) is 6.51. The Labute approximate surface area is 257 Å². The molecule has 206 valence electrons. The van der Waals surface area contributed by atoms with E-state index in [0.29, 0.717) is 0 Å². The molecule has 0 amide bonds. The zero-order valence-electron chi connectivity index (χ0n) is 24.1. The fourth-order valence-corrected chi connectivity index (χ4v) is 6.06. The molecule has 0 saturated carbocycles. The lowest BCUT2D eigenvalue weighted by Crippen LogP contribution is -1.92. The van der Waals surface area contributed by atoms with Gasteiger partial charge in [-0.05, 0) is 103 Å². The average Bonchev–Trinajstić information content (AvgIpc) is 3.12. The fraction of sp³-hybridized carbons (Fsp3) is 0. The van der Waals surface area contributed by atoms with Crippen molar-refractivity contribution in [1.82, 2.24) is 9.97 Å². The minimum Gasteiger partial charge on any atom is -0.265 e. The SMILES string of the molecule is c1ccc(-c2cc(-c3cc(-c4ccncc4)cc(-c4ccc5ccc6ccccc6c5c4)c3)cc(-c3ccccc3)n2)cc1. The van der Waals surface area contributed by atoms with Crippen molar-refractivity contribution in [2.24, 2.45) is 0 Å². The van der Waals surface area contributed by atoms with E-state index < -0.39 is 0 Å². The van der Waals surface area contributed by atoms with Gasteiger partial charge in [0, 0.05) is 23.5 Å². The van der Waals surface area contributed by atoms with Crippen LogP contribution in [0.3, 0.4) is 0 Å². The summed E-state index contributed by atoms with van der Waals surface area (Å²) < 4.78 is 0. The summed E-state index contributed by atoms with van der Waals surface area (Å²) >= 11 is 0. The van der Waals surface area contributed by atoms with Crippen LogP contribution in [0, 0.1) is 0 Å². The third-order valence-corrected chi connectivity index (χ3v) is 8.32. The van der Waals surface area contributed by atoms with Crippen molar-refractivity contribution in [2.75, 3.05) is 0 Å². The van der Waals surface area contributed by atoms with E-state index in [1.807, 2.05) is 24.5 Å². The molecule has 2 heterocycles. The van der Waals surface area contributed by atoms with Crippen LogP contribution in [0.25, 0.3) is 77.4 Å². The van der Waals surface area contributed by atoms with Gasteiger partial charge < -0.3 is 0 Å². The van der Waals surface area contributed by atoms with Crippen LogP contribution < -0.4 is 0 Å². The smallest absolute Gasteiger partial charge is 0.0715 e. The van der Waals surface area contributed by atoms with Gasteiger partial charge in [0.05, 0.1) is 11.4 Å². The fourth-order valence-electron chi connectivity index (χ4n) is 6.06. The Morgan fingerprint density at radius 1 is 0.295 bits per heavy atom. The molecule has 0 N–H and O–H groups in total. The normalized spacial score (nSPS) is 11.2. The zero-order chi connectivity index (χ0) is 29.3. The maximum Gasteiger partial charge on any atom is 0.0715 e. The molecule has 0 fully saturated rings. The highest BCUT2D eigenvalue weighted by Crippen LogP contribution is 2.37. The standard InChI is InChI=1S/C42H28N2/c1-3-10-32(11-4-1)41-27-38(28-42(44-41)33-12-5-2-6-13-33)37-24-35(29-19-21-43-22-20-29)23-36(25-37)34-18-17-31-16-15-30-9-7-8-14-39(30)40(31)26-34/h1-28H. The summed E-state index contributed by atoms with van der Waals surface area (Å²) in [7, 11) is 0. The molecular weight excluding hydrogens is 532 g/mol. The van der Waals surface area contributed by atoms with Crippen LogP contribution in [-0.2, 0) is 0 Å². The molecule has 0 aliphatic rings. The molecule has 0 radical (unpaired) electrons. The number of benzene rings is 6.